The van der Waals surface area contributed by atoms with E-state index in [1.807, 2.05) is 12.1 Å². The van der Waals surface area contributed by atoms with Gasteiger partial charge in [0.1, 0.15) is 0 Å². The van der Waals surface area contributed by atoms with Crippen LogP contribution in [0.4, 0.5) is 0 Å². The first-order chi connectivity index (χ1) is 8.50. The molecule has 0 radical (unpaired) electrons. The predicted octanol–water partition coefficient (Wildman–Crippen LogP) is 1.40. The Kier molecular flexibility index (Phi) is 3.19. The van der Waals surface area contributed by atoms with Gasteiger partial charge in [0, 0.05) is 11.4 Å². The number of sulfonamides is 1. The first kappa shape index (κ1) is 12.4. The topological polar surface area (TPSA) is 99.7 Å². The lowest BCUT2D eigenvalue weighted by Crippen LogP contribution is -2.11. The smallest absolute Gasteiger partial charge is 0.238 e. The number of benzene rings is 1. The average Bonchev–Trinajstić information content (AvgIpc) is 2.77. The van der Waals surface area contributed by atoms with Gasteiger partial charge >= 0.3 is 0 Å². The summed E-state index contributed by atoms with van der Waals surface area (Å²) in [6.07, 6.45) is 0.315. The van der Waals surface area contributed by atoms with Gasteiger partial charge in [-0.2, -0.15) is 5.26 Å². The zero-order valence-corrected chi connectivity index (χ0v) is 10.2. The molecule has 0 spiro atoms. The number of nitrogens with one attached hydrogen (secondary N) is 1. The molecule has 0 aliphatic heterocycles. The maximum Gasteiger partial charge on any atom is 0.238 e. The Labute approximate surface area is 105 Å². The van der Waals surface area contributed by atoms with Crippen LogP contribution in [0.25, 0.3) is 11.3 Å². The van der Waals surface area contributed by atoms with Crippen molar-refractivity contribution < 1.29 is 8.42 Å². The van der Waals surface area contributed by atoms with E-state index < -0.39 is 10.0 Å². The number of aromatic nitrogens is 1. The maximum atomic E-state index is 11.1. The summed E-state index contributed by atoms with van der Waals surface area (Å²) < 4.78 is 22.2. The Bertz CT molecular complexity index is 694. The van der Waals surface area contributed by atoms with Crippen molar-refractivity contribution in [3.05, 3.63) is 42.1 Å². The molecule has 2 rings (SSSR count). The van der Waals surface area contributed by atoms with Crippen LogP contribution < -0.4 is 5.14 Å². The maximum absolute atomic E-state index is 11.1. The molecule has 6 heteroatoms. The van der Waals surface area contributed by atoms with Gasteiger partial charge in [-0.3, -0.25) is 0 Å². The lowest BCUT2D eigenvalue weighted by Gasteiger charge is -2.01. The Morgan fingerprint density at radius 3 is 2.39 bits per heavy atom. The van der Waals surface area contributed by atoms with E-state index in [9.17, 15) is 8.42 Å². The minimum Gasteiger partial charge on any atom is -0.358 e. The molecule has 2 aromatic rings. The molecule has 1 aromatic heterocycles. The van der Waals surface area contributed by atoms with Gasteiger partial charge in [0.2, 0.25) is 10.0 Å². The molecule has 1 heterocycles. The number of hydrogen-bond acceptors (Lipinski definition) is 3. The fraction of sp³-hybridized carbons (Fsp3) is 0.0833. The third-order valence-corrected chi connectivity index (χ3v) is 3.44. The molecule has 18 heavy (non-hydrogen) atoms. The molecule has 5 nitrogen and oxygen atoms in total. The molecule has 0 atom stereocenters. The van der Waals surface area contributed by atoms with Gasteiger partial charge in [-0.1, -0.05) is 12.1 Å². The number of nitrogens with two attached hydrogens (primary N) is 1. The molecule has 0 aliphatic rings. The molecule has 0 fully saturated rings. The standard InChI is InChI=1S/C12H11N3O2S/c13-8-7-10-3-6-12(15-10)9-1-4-11(5-2-9)18(14,16)17/h1-6,15H,7H2,(H2,14,16,17). The lowest BCUT2D eigenvalue weighted by molar-refractivity contribution is 0.598. The van der Waals surface area contributed by atoms with Crippen molar-refractivity contribution in [2.24, 2.45) is 5.14 Å². The van der Waals surface area contributed by atoms with Crippen LogP contribution in [0, 0.1) is 11.3 Å². The predicted molar refractivity (Wildman–Crippen MR) is 66.9 cm³/mol. The minimum absolute atomic E-state index is 0.0788. The van der Waals surface area contributed by atoms with Crippen molar-refractivity contribution in [2.75, 3.05) is 0 Å². The molecule has 3 N–H and O–H groups in total. The van der Waals surface area contributed by atoms with Crippen LogP contribution >= 0.6 is 0 Å². The van der Waals surface area contributed by atoms with E-state index >= 15 is 0 Å². The molecule has 0 aliphatic carbocycles. The van der Waals surface area contributed by atoms with Crippen molar-refractivity contribution in [3.8, 4) is 17.3 Å². The zero-order valence-electron chi connectivity index (χ0n) is 9.42. The third-order valence-electron chi connectivity index (χ3n) is 2.51. The van der Waals surface area contributed by atoms with Crippen molar-refractivity contribution in [3.63, 3.8) is 0 Å². The fourth-order valence-corrected chi connectivity index (χ4v) is 2.14. The summed E-state index contributed by atoms with van der Waals surface area (Å²) in [4.78, 5) is 3.16. The minimum atomic E-state index is -3.66. The monoisotopic (exact) mass is 261 g/mol. The van der Waals surface area contributed by atoms with E-state index in [0.717, 1.165) is 17.0 Å². The molecule has 92 valence electrons. The van der Waals surface area contributed by atoms with Gasteiger partial charge in [-0.25, -0.2) is 13.6 Å². The Morgan fingerprint density at radius 2 is 1.83 bits per heavy atom. The number of primary sulfonamides is 1. The normalized spacial score (nSPS) is 11.1. The molecule has 1 aromatic carbocycles. The molecule has 0 amide bonds. The van der Waals surface area contributed by atoms with Gasteiger partial charge in [-0.05, 0) is 29.8 Å². The summed E-state index contributed by atoms with van der Waals surface area (Å²) >= 11 is 0. The van der Waals surface area contributed by atoms with Crippen molar-refractivity contribution in [1.29, 1.82) is 5.26 Å². The van der Waals surface area contributed by atoms with Crippen LogP contribution in [0.5, 0.6) is 0 Å². The van der Waals surface area contributed by atoms with E-state index in [1.165, 1.54) is 12.1 Å². The second kappa shape index (κ2) is 4.64. The summed E-state index contributed by atoms with van der Waals surface area (Å²) in [5.74, 6) is 0. The van der Waals surface area contributed by atoms with Crippen LogP contribution in [0.2, 0.25) is 0 Å². The number of hydrogen-bond donors (Lipinski definition) is 2. The second-order valence-electron chi connectivity index (χ2n) is 3.80. The highest BCUT2D eigenvalue weighted by Crippen LogP contribution is 2.20. The zero-order chi connectivity index (χ0) is 13.2. The van der Waals surface area contributed by atoms with Crippen LogP contribution in [0.1, 0.15) is 5.69 Å². The highest BCUT2D eigenvalue weighted by molar-refractivity contribution is 7.89. The van der Waals surface area contributed by atoms with E-state index in [2.05, 4.69) is 11.1 Å². The molecule has 0 saturated carbocycles. The highest BCUT2D eigenvalue weighted by atomic mass is 32.2. The van der Waals surface area contributed by atoms with E-state index in [0.29, 0.717) is 6.42 Å². The van der Waals surface area contributed by atoms with Crippen LogP contribution in [0.15, 0.2) is 41.3 Å². The summed E-state index contributed by atoms with van der Waals surface area (Å²) in [5.41, 5.74) is 2.50. The van der Waals surface area contributed by atoms with E-state index in [4.69, 9.17) is 10.4 Å². The van der Waals surface area contributed by atoms with Crippen LogP contribution in [-0.2, 0) is 16.4 Å². The summed E-state index contributed by atoms with van der Waals surface area (Å²) in [7, 11) is -3.66. The van der Waals surface area contributed by atoms with Gasteiger partial charge < -0.3 is 4.98 Å². The van der Waals surface area contributed by atoms with Gasteiger partial charge in [0.15, 0.2) is 0 Å². The van der Waals surface area contributed by atoms with Gasteiger partial charge in [0.05, 0.1) is 17.4 Å². The van der Waals surface area contributed by atoms with E-state index in [1.54, 1.807) is 12.1 Å². The van der Waals surface area contributed by atoms with Crippen molar-refractivity contribution >= 4 is 10.0 Å². The molecule has 0 bridgehead atoms. The molecular formula is C12H11N3O2S. The van der Waals surface area contributed by atoms with Crippen LogP contribution in [-0.4, -0.2) is 13.4 Å². The second-order valence-corrected chi connectivity index (χ2v) is 5.36. The van der Waals surface area contributed by atoms with Crippen molar-refractivity contribution in [2.45, 2.75) is 11.3 Å². The van der Waals surface area contributed by atoms with Gasteiger partial charge in [-0.15, -0.1) is 0 Å². The largest absolute Gasteiger partial charge is 0.358 e. The molecule has 0 saturated heterocycles. The van der Waals surface area contributed by atoms with E-state index in [-0.39, 0.29) is 4.90 Å². The number of H-pyrrole nitrogens is 1. The molecular weight excluding hydrogens is 250 g/mol. The number of nitrogens with zero attached hydrogens (tertiary/aromatic N) is 1. The summed E-state index contributed by atoms with van der Waals surface area (Å²) in [6, 6.07) is 12.0. The first-order valence-corrected chi connectivity index (χ1v) is 6.73. The molecule has 0 unspecified atom stereocenters. The first-order valence-electron chi connectivity index (χ1n) is 5.19. The number of nitriles is 1. The van der Waals surface area contributed by atoms with Crippen molar-refractivity contribution in [1.82, 2.24) is 4.98 Å². The Morgan fingerprint density at radius 1 is 1.17 bits per heavy atom. The Balaban J connectivity index is 2.32. The highest BCUT2D eigenvalue weighted by Gasteiger charge is 2.08. The average molecular weight is 261 g/mol. The number of aromatic amines is 1. The third kappa shape index (κ3) is 2.59. The lowest BCUT2D eigenvalue weighted by atomic mass is 10.2. The van der Waals surface area contributed by atoms with Gasteiger partial charge in [0.25, 0.3) is 0 Å². The SMILES string of the molecule is N#CCc1ccc(-c2ccc(S(N)(=O)=O)cc2)[nH]1. The fourth-order valence-electron chi connectivity index (χ4n) is 1.62. The summed E-state index contributed by atoms with van der Waals surface area (Å²) in [5, 5.41) is 13.6. The Hall–Kier alpha value is -2.10. The number of rotatable bonds is 3. The quantitative estimate of drug-likeness (QED) is 0.873. The van der Waals surface area contributed by atoms with Crippen LogP contribution in [0.3, 0.4) is 0 Å². The summed E-state index contributed by atoms with van der Waals surface area (Å²) in [6.45, 7) is 0.